The van der Waals surface area contributed by atoms with Gasteiger partial charge in [0.2, 0.25) is 10.0 Å². The standard InChI is InChI=1S/C16H17N5O3S/c1-25(23,24)20-7-10-2-4-11(5-3-10)12-6-14-15(17)13(16(18)22)8-19-21(14)9-12/h2-6,8-9,20H,7,17H2,1H3,(H2,18,22). The fourth-order valence-corrected chi connectivity index (χ4v) is 2.89. The van der Waals surface area contributed by atoms with Crippen LogP contribution >= 0.6 is 0 Å². The lowest BCUT2D eigenvalue weighted by Gasteiger charge is -2.04. The van der Waals surface area contributed by atoms with E-state index in [-0.39, 0.29) is 17.8 Å². The summed E-state index contributed by atoms with van der Waals surface area (Å²) in [5.41, 5.74) is 14.9. The van der Waals surface area contributed by atoms with Gasteiger partial charge in [-0.1, -0.05) is 24.3 Å². The Bertz CT molecular complexity index is 1060. The van der Waals surface area contributed by atoms with Gasteiger partial charge in [0.15, 0.2) is 0 Å². The highest BCUT2D eigenvalue weighted by Crippen LogP contribution is 2.26. The monoisotopic (exact) mass is 359 g/mol. The van der Waals surface area contributed by atoms with E-state index in [9.17, 15) is 13.2 Å². The number of primary amides is 1. The van der Waals surface area contributed by atoms with Crippen LogP contribution in [0.15, 0.2) is 42.7 Å². The minimum atomic E-state index is -3.23. The van der Waals surface area contributed by atoms with E-state index < -0.39 is 15.9 Å². The first-order valence-corrected chi connectivity index (χ1v) is 9.24. The molecule has 0 atom stereocenters. The molecule has 8 nitrogen and oxygen atoms in total. The second-order valence-electron chi connectivity index (χ2n) is 5.68. The normalized spacial score (nSPS) is 11.7. The average molecular weight is 359 g/mol. The molecule has 0 radical (unpaired) electrons. The van der Waals surface area contributed by atoms with Gasteiger partial charge in [-0.05, 0) is 17.2 Å². The molecule has 9 heteroatoms. The lowest BCUT2D eigenvalue weighted by atomic mass is 10.1. The summed E-state index contributed by atoms with van der Waals surface area (Å²) in [7, 11) is -3.23. The summed E-state index contributed by atoms with van der Waals surface area (Å²) >= 11 is 0. The molecule has 3 aromatic rings. The quantitative estimate of drug-likeness (QED) is 0.618. The van der Waals surface area contributed by atoms with E-state index in [4.69, 9.17) is 11.5 Å². The predicted octanol–water partition coefficient (Wildman–Crippen LogP) is 0.732. The maximum absolute atomic E-state index is 11.4. The molecule has 0 aliphatic carbocycles. The first-order valence-electron chi connectivity index (χ1n) is 7.35. The van der Waals surface area contributed by atoms with Gasteiger partial charge in [-0.2, -0.15) is 5.10 Å². The van der Waals surface area contributed by atoms with Crippen LogP contribution in [-0.2, 0) is 16.6 Å². The number of nitrogen functional groups attached to an aromatic ring is 1. The van der Waals surface area contributed by atoms with Gasteiger partial charge < -0.3 is 11.5 Å². The minimum Gasteiger partial charge on any atom is -0.396 e. The summed E-state index contributed by atoms with van der Waals surface area (Å²) in [6.07, 6.45) is 4.25. The molecule has 5 N–H and O–H groups in total. The summed E-state index contributed by atoms with van der Waals surface area (Å²) in [4.78, 5) is 11.4. The lowest BCUT2D eigenvalue weighted by molar-refractivity contribution is 0.100. The zero-order valence-corrected chi connectivity index (χ0v) is 14.2. The Morgan fingerprint density at radius 2 is 1.92 bits per heavy atom. The van der Waals surface area contributed by atoms with Crippen LogP contribution in [0, 0.1) is 0 Å². The van der Waals surface area contributed by atoms with Crippen molar-refractivity contribution in [2.24, 2.45) is 5.73 Å². The number of fused-ring (bicyclic) bond motifs is 1. The molecule has 1 aromatic carbocycles. The zero-order valence-electron chi connectivity index (χ0n) is 13.4. The highest BCUT2D eigenvalue weighted by atomic mass is 32.2. The highest BCUT2D eigenvalue weighted by Gasteiger charge is 2.12. The molecule has 130 valence electrons. The number of hydrogen-bond acceptors (Lipinski definition) is 5. The number of nitrogens with two attached hydrogens (primary N) is 2. The number of sulfonamides is 1. The Kier molecular flexibility index (Phi) is 4.19. The molecule has 1 amide bonds. The van der Waals surface area contributed by atoms with Crippen molar-refractivity contribution in [3.63, 3.8) is 0 Å². The molecule has 3 rings (SSSR count). The number of benzene rings is 1. The van der Waals surface area contributed by atoms with E-state index in [1.165, 1.54) is 6.20 Å². The first kappa shape index (κ1) is 16.9. The molecule has 0 unspecified atom stereocenters. The van der Waals surface area contributed by atoms with Crippen molar-refractivity contribution in [3.8, 4) is 11.1 Å². The van der Waals surface area contributed by atoms with Crippen molar-refractivity contribution in [1.29, 1.82) is 0 Å². The Labute approximate surface area is 144 Å². The molecule has 0 spiro atoms. The summed E-state index contributed by atoms with van der Waals surface area (Å²) in [5, 5.41) is 4.14. The number of rotatable bonds is 5. The number of carbonyl (C=O) groups is 1. The van der Waals surface area contributed by atoms with Gasteiger partial charge in [0.1, 0.15) is 0 Å². The van der Waals surface area contributed by atoms with Gasteiger partial charge in [0.25, 0.3) is 5.91 Å². The van der Waals surface area contributed by atoms with Crippen LogP contribution in [0.3, 0.4) is 0 Å². The number of carbonyl (C=O) groups excluding carboxylic acids is 1. The number of hydrogen-bond donors (Lipinski definition) is 3. The van der Waals surface area contributed by atoms with Crippen LogP contribution in [-0.4, -0.2) is 30.2 Å². The van der Waals surface area contributed by atoms with Crippen LogP contribution < -0.4 is 16.2 Å². The molecular weight excluding hydrogens is 342 g/mol. The Balaban J connectivity index is 1.91. The second kappa shape index (κ2) is 6.19. The number of nitrogens with zero attached hydrogens (tertiary/aromatic N) is 2. The van der Waals surface area contributed by atoms with Crippen LogP contribution in [0.2, 0.25) is 0 Å². The van der Waals surface area contributed by atoms with E-state index in [0.29, 0.717) is 5.52 Å². The van der Waals surface area contributed by atoms with Crippen LogP contribution in [0.25, 0.3) is 16.6 Å². The van der Waals surface area contributed by atoms with Gasteiger partial charge in [-0.3, -0.25) is 4.79 Å². The number of amides is 1. The average Bonchev–Trinajstić information content (AvgIpc) is 2.98. The minimum absolute atomic E-state index is 0.180. The van der Waals surface area contributed by atoms with Crippen LogP contribution in [0.1, 0.15) is 15.9 Å². The van der Waals surface area contributed by atoms with Gasteiger partial charge in [0.05, 0.1) is 29.2 Å². The van der Waals surface area contributed by atoms with Crippen LogP contribution in [0.5, 0.6) is 0 Å². The number of anilines is 1. The maximum atomic E-state index is 11.4. The molecular formula is C16H17N5O3S. The Hall–Kier alpha value is -2.91. The van der Waals surface area contributed by atoms with E-state index >= 15 is 0 Å². The van der Waals surface area contributed by atoms with Crippen molar-refractivity contribution in [1.82, 2.24) is 14.3 Å². The van der Waals surface area contributed by atoms with Crippen LogP contribution in [0.4, 0.5) is 5.69 Å². The van der Waals surface area contributed by atoms with Gasteiger partial charge in [-0.25, -0.2) is 17.7 Å². The van der Waals surface area contributed by atoms with Crippen molar-refractivity contribution in [2.45, 2.75) is 6.54 Å². The van der Waals surface area contributed by atoms with E-state index in [1.807, 2.05) is 30.3 Å². The third kappa shape index (κ3) is 3.62. The zero-order chi connectivity index (χ0) is 18.2. The third-order valence-electron chi connectivity index (χ3n) is 3.77. The van der Waals surface area contributed by atoms with Crippen molar-refractivity contribution in [2.75, 3.05) is 12.0 Å². The maximum Gasteiger partial charge on any atom is 0.252 e. The molecule has 0 saturated carbocycles. The van der Waals surface area contributed by atoms with E-state index in [2.05, 4.69) is 9.82 Å². The molecule has 0 fully saturated rings. The fraction of sp³-hybridized carbons (Fsp3) is 0.125. The van der Waals surface area contributed by atoms with Gasteiger partial charge >= 0.3 is 0 Å². The Morgan fingerprint density at radius 3 is 2.52 bits per heavy atom. The van der Waals surface area contributed by atoms with Crippen molar-refractivity contribution < 1.29 is 13.2 Å². The summed E-state index contributed by atoms with van der Waals surface area (Å²) in [5.74, 6) is -0.627. The molecule has 0 saturated heterocycles. The SMILES string of the molecule is CS(=O)(=O)NCc1ccc(-c2cc3c(N)c(C(N)=O)cnn3c2)cc1. The second-order valence-corrected chi connectivity index (χ2v) is 7.52. The highest BCUT2D eigenvalue weighted by molar-refractivity contribution is 7.88. The number of aromatic nitrogens is 2. The summed E-state index contributed by atoms with van der Waals surface area (Å²) in [6, 6.07) is 9.24. The topological polar surface area (TPSA) is 133 Å². The largest absolute Gasteiger partial charge is 0.396 e. The van der Waals surface area contributed by atoms with E-state index in [1.54, 1.807) is 10.7 Å². The smallest absolute Gasteiger partial charge is 0.252 e. The molecule has 0 aliphatic heterocycles. The summed E-state index contributed by atoms with van der Waals surface area (Å²) < 4.78 is 26.3. The lowest BCUT2D eigenvalue weighted by Crippen LogP contribution is -2.21. The van der Waals surface area contributed by atoms with Gasteiger partial charge in [-0.15, -0.1) is 0 Å². The molecule has 25 heavy (non-hydrogen) atoms. The summed E-state index contributed by atoms with van der Waals surface area (Å²) in [6.45, 7) is 0.229. The van der Waals surface area contributed by atoms with Crippen molar-refractivity contribution in [3.05, 3.63) is 53.9 Å². The van der Waals surface area contributed by atoms with Gasteiger partial charge in [0, 0.05) is 18.3 Å². The molecule has 0 aliphatic rings. The number of nitrogens with one attached hydrogen (secondary N) is 1. The predicted molar refractivity (Wildman–Crippen MR) is 95.2 cm³/mol. The van der Waals surface area contributed by atoms with Crippen molar-refractivity contribution >= 4 is 27.1 Å². The fourth-order valence-electron chi connectivity index (χ4n) is 2.46. The Morgan fingerprint density at radius 1 is 1.24 bits per heavy atom. The molecule has 2 aromatic heterocycles. The third-order valence-corrected chi connectivity index (χ3v) is 4.44. The molecule has 0 bridgehead atoms. The molecule has 2 heterocycles. The van der Waals surface area contributed by atoms with E-state index in [0.717, 1.165) is 22.9 Å². The first-order chi connectivity index (χ1) is 11.7.